The van der Waals surface area contributed by atoms with E-state index in [1.165, 1.54) is 11.3 Å². The molecule has 106 valence electrons. The number of fused-ring (bicyclic) bond motifs is 1. The molecule has 2 N–H and O–H groups in total. The van der Waals surface area contributed by atoms with E-state index in [1.807, 2.05) is 0 Å². The minimum absolute atomic E-state index is 0.293. The Kier molecular flexibility index (Phi) is 4.83. The van der Waals surface area contributed by atoms with Crippen LogP contribution in [-0.2, 0) is 11.2 Å². The van der Waals surface area contributed by atoms with E-state index in [2.05, 4.69) is 48.7 Å². The molecular formula is C16H26N2O. The van der Waals surface area contributed by atoms with E-state index in [0.717, 1.165) is 32.5 Å². The first-order chi connectivity index (χ1) is 9.11. The number of rotatable bonds is 7. The monoisotopic (exact) mass is 262 g/mol. The lowest BCUT2D eigenvalue weighted by Crippen LogP contribution is -2.37. The zero-order chi connectivity index (χ0) is 13.7. The third-order valence-corrected chi connectivity index (χ3v) is 3.82. The number of ether oxygens (including phenoxy) is 1. The van der Waals surface area contributed by atoms with Crippen LogP contribution in [-0.4, -0.2) is 32.8 Å². The first-order valence-electron chi connectivity index (χ1n) is 7.15. The van der Waals surface area contributed by atoms with Crippen LogP contribution in [0.25, 0.3) is 0 Å². The van der Waals surface area contributed by atoms with Gasteiger partial charge in [-0.3, -0.25) is 0 Å². The van der Waals surface area contributed by atoms with Crippen LogP contribution in [0.4, 0.5) is 5.69 Å². The average Bonchev–Trinajstić information content (AvgIpc) is 2.78. The van der Waals surface area contributed by atoms with Crippen molar-refractivity contribution in [3.05, 3.63) is 29.8 Å². The maximum absolute atomic E-state index is 5.16. The topological polar surface area (TPSA) is 33.3 Å². The number of hydrogen-bond donors (Lipinski definition) is 2. The van der Waals surface area contributed by atoms with Crippen molar-refractivity contribution in [2.75, 3.05) is 32.1 Å². The molecule has 1 aliphatic heterocycles. The Balaban J connectivity index is 1.71. The van der Waals surface area contributed by atoms with E-state index in [0.29, 0.717) is 11.5 Å². The van der Waals surface area contributed by atoms with Crippen molar-refractivity contribution < 1.29 is 4.74 Å². The van der Waals surface area contributed by atoms with Gasteiger partial charge in [0.15, 0.2) is 0 Å². The smallest absolute Gasteiger partial charge is 0.0467 e. The minimum atomic E-state index is 0.293. The van der Waals surface area contributed by atoms with E-state index >= 15 is 0 Å². The summed E-state index contributed by atoms with van der Waals surface area (Å²) in [5.74, 6) is 0. The Morgan fingerprint density at radius 3 is 2.89 bits per heavy atom. The molecule has 1 aliphatic rings. The Morgan fingerprint density at radius 2 is 2.16 bits per heavy atom. The molecule has 3 heteroatoms. The molecule has 0 aromatic heterocycles. The molecule has 0 saturated carbocycles. The van der Waals surface area contributed by atoms with Crippen LogP contribution in [0, 0.1) is 5.41 Å². The summed E-state index contributed by atoms with van der Waals surface area (Å²) in [7, 11) is 1.77. The molecule has 1 aromatic carbocycles. The maximum atomic E-state index is 5.16. The molecule has 0 radical (unpaired) electrons. The Morgan fingerprint density at radius 1 is 1.37 bits per heavy atom. The summed E-state index contributed by atoms with van der Waals surface area (Å²) in [6, 6.07) is 9.11. The molecule has 0 amide bonds. The second kappa shape index (κ2) is 6.40. The molecule has 0 saturated heterocycles. The zero-order valence-corrected chi connectivity index (χ0v) is 12.3. The second-order valence-electron chi connectivity index (χ2n) is 6.24. The van der Waals surface area contributed by atoms with Crippen molar-refractivity contribution in [1.29, 1.82) is 0 Å². The number of nitrogens with one attached hydrogen (secondary N) is 2. The van der Waals surface area contributed by atoms with Crippen LogP contribution in [0.5, 0.6) is 0 Å². The molecule has 0 bridgehead atoms. The van der Waals surface area contributed by atoms with E-state index in [-0.39, 0.29) is 0 Å². The maximum Gasteiger partial charge on any atom is 0.0467 e. The van der Waals surface area contributed by atoms with E-state index < -0.39 is 0 Å². The fourth-order valence-electron chi connectivity index (χ4n) is 2.55. The SMILES string of the molecule is COCCC(C)(C)CNCC1Cc2ccccc2N1. The summed E-state index contributed by atoms with van der Waals surface area (Å²) in [5, 5.41) is 7.17. The molecule has 1 atom stereocenters. The Bertz CT molecular complexity index is 378. The van der Waals surface area contributed by atoms with E-state index in [9.17, 15) is 0 Å². The van der Waals surface area contributed by atoms with Crippen molar-refractivity contribution >= 4 is 5.69 Å². The summed E-state index contributed by atoms with van der Waals surface area (Å²) in [5.41, 5.74) is 3.03. The fourth-order valence-corrected chi connectivity index (χ4v) is 2.55. The highest BCUT2D eigenvalue weighted by Crippen LogP contribution is 2.25. The predicted octanol–water partition coefficient (Wildman–Crippen LogP) is 2.68. The quantitative estimate of drug-likeness (QED) is 0.792. The Labute approximate surface area is 116 Å². The number of methoxy groups -OCH3 is 1. The highest BCUT2D eigenvalue weighted by molar-refractivity contribution is 5.56. The summed E-state index contributed by atoms with van der Waals surface area (Å²) in [4.78, 5) is 0. The number of benzene rings is 1. The van der Waals surface area contributed by atoms with E-state index in [1.54, 1.807) is 7.11 Å². The largest absolute Gasteiger partial charge is 0.385 e. The summed E-state index contributed by atoms with van der Waals surface area (Å²) in [6.45, 7) is 7.46. The lowest BCUT2D eigenvalue weighted by molar-refractivity contribution is 0.151. The van der Waals surface area contributed by atoms with Crippen molar-refractivity contribution in [2.45, 2.75) is 32.7 Å². The number of anilines is 1. The fraction of sp³-hybridized carbons (Fsp3) is 0.625. The van der Waals surface area contributed by atoms with Gasteiger partial charge in [0.2, 0.25) is 0 Å². The molecule has 1 aromatic rings. The van der Waals surface area contributed by atoms with Gasteiger partial charge >= 0.3 is 0 Å². The van der Waals surface area contributed by atoms with Crippen LogP contribution in [0.2, 0.25) is 0 Å². The van der Waals surface area contributed by atoms with Crippen LogP contribution >= 0.6 is 0 Å². The summed E-state index contributed by atoms with van der Waals surface area (Å²) >= 11 is 0. The molecular weight excluding hydrogens is 236 g/mol. The lowest BCUT2D eigenvalue weighted by Gasteiger charge is -2.25. The van der Waals surface area contributed by atoms with Gasteiger partial charge in [-0.2, -0.15) is 0 Å². The summed E-state index contributed by atoms with van der Waals surface area (Å²) in [6.07, 6.45) is 2.22. The van der Waals surface area contributed by atoms with Gasteiger partial charge in [0.25, 0.3) is 0 Å². The molecule has 1 unspecified atom stereocenters. The molecule has 19 heavy (non-hydrogen) atoms. The van der Waals surface area contributed by atoms with Gasteiger partial charge in [0, 0.05) is 38.5 Å². The van der Waals surface area contributed by atoms with Gasteiger partial charge in [-0.25, -0.2) is 0 Å². The summed E-state index contributed by atoms with van der Waals surface area (Å²) < 4.78 is 5.16. The molecule has 0 spiro atoms. The molecule has 1 heterocycles. The van der Waals surface area contributed by atoms with Crippen molar-refractivity contribution in [1.82, 2.24) is 5.32 Å². The molecule has 0 fully saturated rings. The predicted molar refractivity (Wildman–Crippen MR) is 80.7 cm³/mol. The lowest BCUT2D eigenvalue weighted by atomic mass is 9.89. The average molecular weight is 262 g/mol. The normalized spacial score (nSPS) is 18.2. The van der Waals surface area contributed by atoms with Gasteiger partial charge < -0.3 is 15.4 Å². The highest BCUT2D eigenvalue weighted by Gasteiger charge is 2.21. The van der Waals surface area contributed by atoms with Gasteiger partial charge in [-0.15, -0.1) is 0 Å². The third kappa shape index (κ3) is 4.22. The molecule has 3 nitrogen and oxygen atoms in total. The first kappa shape index (κ1) is 14.4. The van der Waals surface area contributed by atoms with Gasteiger partial charge in [0.05, 0.1) is 0 Å². The van der Waals surface area contributed by atoms with Crippen LogP contribution < -0.4 is 10.6 Å². The zero-order valence-electron chi connectivity index (χ0n) is 12.3. The number of hydrogen-bond acceptors (Lipinski definition) is 3. The van der Waals surface area contributed by atoms with Gasteiger partial charge in [0.1, 0.15) is 0 Å². The second-order valence-corrected chi connectivity index (χ2v) is 6.24. The van der Waals surface area contributed by atoms with Crippen molar-refractivity contribution in [3.8, 4) is 0 Å². The highest BCUT2D eigenvalue weighted by atomic mass is 16.5. The standard InChI is InChI=1S/C16H26N2O/c1-16(2,8-9-19-3)12-17-11-14-10-13-6-4-5-7-15(13)18-14/h4-7,14,17-18H,8-12H2,1-3H3. The van der Waals surface area contributed by atoms with Crippen LogP contribution in [0.1, 0.15) is 25.8 Å². The van der Waals surface area contributed by atoms with Gasteiger partial charge in [-0.05, 0) is 29.9 Å². The van der Waals surface area contributed by atoms with Crippen LogP contribution in [0.3, 0.4) is 0 Å². The third-order valence-electron chi connectivity index (χ3n) is 3.82. The molecule has 0 aliphatic carbocycles. The van der Waals surface area contributed by atoms with Crippen molar-refractivity contribution in [3.63, 3.8) is 0 Å². The number of para-hydroxylation sites is 1. The minimum Gasteiger partial charge on any atom is -0.385 e. The Hall–Kier alpha value is -1.06. The van der Waals surface area contributed by atoms with Gasteiger partial charge in [-0.1, -0.05) is 32.0 Å². The van der Waals surface area contributed by atoms with E-state index in [4.69, 9.17) is 4.74 Å². The van der Waals surface area contributed by atoms with Crippen molar-refractivity contribution in [2.24, 2.45) is 5.41 Å². The first-order valence-corrected chi connectivity index (χ1v) is 7.15. The van der Waals surface area contributed by atoms with Crippen LogP contribution in [0.15, 0.2) is 24.3 Å². The molecule has 2 rings (SSSR count).